The van der Waals surface area contributed by atoms with Gasteiger partial charge in [0.05, 0.1) is 37.9 Å². The zero-order valence-electron chi connectivity index (χ0n) is 11.4. The summed E-state index contributed by atoms with van der Waals surface area (Å²) in [7, 11) is 1.20. The van der Waals surface area contributed by atoms with Crippen LogP contribution < -0.4 is 0 Å². The van der Waals surface area contributed by atoms with E-state index in [-0.39, 0.29) is 30.8 Å². The summed E-state index contributed by atoms with van der Waals surface area (Å²) in [5, 5.41) is 8.83. The highest BCUT2D eigenvalue weighted by Gasteiger charge is 2.41. The largest absolute Gasteiger partial charge is 0.469 e. The Morgan fingerprint density at radius 3 is 2.29 bits per heavy atom. The van der Waals surface area contributed by atoms with Crippen molar-refractivity contribution in [1.82, 2.24) is 4.90 Å². The maximum absolute atomic E-state index is 12.3. The minimum Gasteiger partial charge on any atom is -0.469 e. The first-order valence-corrected chi connectivity index (χ1v) is 6.36. The van der Waals surface area contributed by atoms with E-state index in [1.54, 1.807) is 12.1 Å². The van der Waals surface area contributed by atoms with Crippen molar-refractivity contribution in [3.8, 4) is 0 Å². The van der Waals surface area contributed by atoms with Crippen molar-refractivity contribution in [3.05, 3.63) is 35.4 Å². The molecule has 0 fully saturated rings. The number of rotatable bonds is 6. The Morgan fingerprint density at radius 2 is 1.81 bits per heavy atom. The number of nitrogens with zero attached hydrogens (tertiary/aromatic N) is 1. The van der Waals surface area contributed by atoms with Crippen molar-refractivity contribution < 1.29 is 29.0 Å². The zero-order chi connectivity index (χ0) is 15.4. The number of carbonyl (C=O) groups excluding carboxylic acids is 3. The number of esters is 1. The maximum Gasteiger partial charge on any atom is 0.310 e. The van der Waals surface area contributed by atoms with E-state index < -0.39 is 24.0 Å². The first-order valence-electron chi connectivity index (χ1n) is 6.36. The number of imide groups is 1. The molecule has 112 valence electrons. The summed E-state index contributed by atoms with van der Waals surface area (Å²) in [4.78, 5) is 36.9. The van der Waals surface area contributed by atoms with Gasteiger partial charge in [-0.3, -0.25) is 14.4 Å². The quantitative estimate of drug-likeness (QED) is 0.594. The Morgan fingerprint density at radius 1 is 1.24 bits per heavy atom. The molecule has 0 spiro atoms. The summed E-state index contributed by atoms with van der Waals surface area (Å²) in [6.07, 6.45) is -1.39. The van der Waals surface area contributed by atoms with Crippen molar-refractivity contribution in [2.45, 2.75) is 12.6 Å². The number of methoxy groups -OCH3 is 1. The fourth-order valence-corrected chi connectivity index (χ4v) is 2.11. The van der Waals surface area contributed by atoms with Gasteiger partial charge in [-0.1, -0.05) is 12.1 Å². The highest BCUT2D eigenvalue weighted by molar-refractivity contribution is 6.21. The second-order valence-electron chi connectivity index (χ2n) is 4.36. The molecule has 1 aromatic rings. The van der Waals surface area contributed by atoms with Gasteiger partial charge >= 0.3 is 5.97 Å². The average molecular weight is 293 g/mol. The highest BCUT2D eigenvalue weighted by Crippen LogP contribution is 2.26. The van der Waals surface area contributed by atoms with Crippen LogP contribution in [0.1, 0.15) is 27.1 Å². The summed E-state index contributed by atoms with van der Waals surface area (Å²) in [6.45, 7) is -0.393. The van der Waals surface area contributed by atoms with Gasteiger partial charge in [-0.05, 0) is 12.1 Å². The average Bonchev–Trinajstić information content (AvgIpc) is 2.76. The third-order valence-electron chi connectivity index (χ3n) is 3.08. The SMILES string of the molecule is COC(=O)CC(OCCO)N1C(=O)c2ccccc2C1=O. The van der Waals surface area contributed by atoms with E-state index in [4.69, 9.17) is 9.84 Å². The number of aliphatic hydroxyl groups excluding tert-OH is 1. The summed E-state index contributed by atoms with van der Waals surface area (Å²) >= 11 is 0. The van der Waals surface area contributed by atoms with Crippen LogP contribution >= 0.6 is 0 Å². The number of aliphatic hydroxyl groups is 1. The van der Waals surface area contributed by atoms with Crippen molar-refractivity contribution in [1.29, 1.82) is 0 Å². The van der Waals surface area contributed by atoms with Crippen LogP contribution in [0.25, 0.3) is 0 Å². The van der Waals surface area contributed by atoms with E-state index in [9.17, 15) is 14.4 Å². The predicted molar refractivity (Wildman–Crippen MR) is 70.4 cm³/mol. The number of amides is 2. The summed E-state index contributed by atoms with van der Waals surface area (Å²) in [5.41, 5.74) is 0.537. The number of hydrogen-bond donors (Lipinski definition) is 1. The summed E-state index contributed by atoms with van der Waals surface area (Å²) in [6, 6.07) is 6.38. The summed E-state index contributed by atoms with van der Waals surface area (Å²) < 4.78 is 9.79. The van der Waals surface area contributed by atoms with Crippen molar-refractivity contribution in [2.24, 2.45) is 0 Å². The third kappa shape index (κ3) is 2.93. The molecule has 1 aliphatic rings. The lowest BCUT2D eigenvalue weighted by Gasteiger charge is -2.25. The van der Waals surface area contributed by atoms with E-state index in [0.29, 0.717) is 0 Å². The molecule has 1 aromatic carbocycles. The normalized spacial score (nSPS) is 15.0. The Balaban J connectivity index is 2.26. The molecular weight excluding hydrogens is 278 g/mol. The molecule has 0 saturated heterocycles. The number of ether oxygens (including phenoxy) is 2. The fourth-order valence-electron chi connectivity index (χ4n) is 2.11. The van der Waals surface area contributed by atoms with Crippen molar-refractivity contribution >= 4 is 17.8 Å². The minimum atomic E-state index is -1.10. The smallest absolute Gasteiger partial charge is 0.310 e. The summed E-state index contributed by atoms with van der Waals surface area (Å²) in [5.74, 6) is -1.67. The van der Waals surface area contributed by atoms with Gasteiger partial charge in [0.15, 0.2) is 6.23 Å². The van der Waals surface area contributed by atoms with Crippen molar-refractivity contribution in [3.63, 3.8) is 0 Å². The van der Waals surface area contributed by atoms with Gasteiger partial charge in [-0.25, -0.2) is 4.90 Å². The van der Waals surface area contributed by atoms with E-state index in [1.807, 2.05) is 0 Å². The molecule has 7 heteroatoms. The first-order chi connectivity index (χ1) is 10.1. The topological polar surface area (TPSA) is 93.1 Å². The third-order valence-corrected chi connectivity index (χ3v) is 3.08. The monoisotopic (exact) mass is 293 g/mol. The molecule has 0 saturated carbocycles. The lowest BCUT2D eigenvalue weighted by molar-refractivity contribution is -0.146. The highest BCUT2D eigenvalue weighted by atomic mass is 16.5. The molecule has 0 aliphatic carbocycles. The van der Waals surface area contributed by atoms with E-state index in [0.717, 1.165) is 4.90 Å². The molecule has 1 N–H and O–H groups in total. The molecule has 7 nitrogen and oxygen atoms in total. The standard InChI is InChI=1S/C14H15NO6/c1-20-12(17)8-11(21-7-6-16)15-13(18)9-4-2-3-5-10(9)14(15)19/h2-5,11,16H,6-8H2,1H3. The Labute approximate surface area is 121 Å². The van der Waals surface area contributed by atoms with Crippen LogP contribution in [0.15, 0.2) is 24.3 Å². The fraction of sp³-hybridized carbons (Fsp3) is 0.357. The molecule has 0 radical (unpaired) electrons. The number of hydrogen-bond acceptors (Lipinski definition) is 6. The second-order valence-corrected chi connectivity index (χ2v) is 4.36. The van der Waals surface area contributed by atoms with Crippen LogP contribution in [0.4, 0.5) is 0 Å². The van der Waals surface area contributed by atoms with Gasteiger partial charge < -0.3 is 14.6 Å². The van der Waals surface area contributed by atoms with Gasteiger partial charge in [-0.15, -0.1) is 0 Å². The van der Waals surface area contributed by atoms with E-state index in [2.05, 4.69) is 4.74 Å². The molecule has 0 bridgehead atoms. The van der Waals surface area contributed by atoms with Crippen LogP contribution in [0.3, 0.4) is 0 Å². The van der Waals surface area contributed by atoms with Gasteiger partial charge in [0.2, 0.25) is 0 Å². The molecular formula is C14H15NO6. The molecule has 1 heterocycles. The molecule has 21 heavy (non-hydrogen) atoms. The van der Waals surface area contributed by atoms with Gasteiger partial charge in [0.25, 0.3) is 11.8 Å². The lowest BCUT2D eigenvalue weighted by atomic mass is 10.1. The molecule has 1 unspecified atom stereocenters. The van der Waals surface area contributed by atoms with Gasteiger partial charge in [-0.2, -0.15) is 0 Å². The molecule has 0 aromatic heterocycles. The lowest BCUT2D eigenvalue weighted by Crippen LogP contribution is -2.43. The van der Waals surface area contributed by atoms with Crippen LogP contribution in [0, 0.1) is 0 Å². The molecule has 1 atom stereocenters. The minimum absolute atomic E-state index is 0.102. The van der Waals surface area contributed by atoms with E-state index >= 15 is 0 Å². The number of carbonyl (C=O) groups is 3. The Kier molecular flexibility index (Phi) is 4.66. The van der Waals surface area contributed by atoms with Gasteiger partial charge in [0, 0.05) is 0 Å². The van der Waals surface area contributed by atoms with Crippen LogP contribution in [-0.4, -0.2) is 54.3 Å². The van der Waals surface area contributed by atoms with Crippen molar-refractivity contribution in [2.75, 3.05) is 20.3 Å². The predicted octanol–water partition coefficient (Wildman–Crippen LogP) is 0.181. The Hall–Kier alpha value is -2.25. The molecule has 2 amide bonds. The zero-order valence-corrected chi connectivity index (χ0v) is 11.4. The first kappa shape index (κ1) is 15.1. The maximum atomic E-state index is 12.3. The van der Waals surface area contributed by atoms with Crippen LogP contribution in [-0.2, 0) is 14.3 Å². The molecule has 2 rings (SSSR count). The number of benzene rings is 1. The van der Waals surface area contributed by atoms with Crippen LogP contribution in [0.5, 0.6) is 0 Å². The Bertz CT molecular complexity index is 535. The van der Waals surface area contributed by atoms with Crippen LogP contribution in [0.2, 0.25) is 0 Å². The van der Waals surface area contributed by atoms with E-state index in [1.165, 1.54) is 19.2 Å². The number of fused-ring (bicyclic) bond motifs is 1. The molecule has 1 aliphatic heterocycles. The second kappa shape index (κ2) is 6.47. The van der Waals surface area contributed by atoms with Gasteiger partial charge in [0.1, 0.15) is 0 Å².